The van der Waals surface area contributed by atoms with Crippen LogP contribution < -0.4 is 10.6 Å². The highest BCUT2D eigenvalue weighted by molar-refractivity contribution is 5.79. The van der Waals surface area contributed by atoms with Crippen LogP contribution in [-0.4, -0.2) is 29.8 Å². The lowest BCUT2D eigenvalue weighted by atomic mass is 10.0. The van der Waals surface area contributed by atoms with Crippen molar-refractivity contribution in [3.05, 3.63) is 0 Å². The Kier molecular flexibility index (Phi) is 3.29. The third kappa shape index (κ3) is 3.17. The molecule has 2 rings (SSSR count). The quantitative estimate of drug-likeness (QED) is 0.776. The number of hydrogen-bond donors (Lipinski definition) is 2. The van der Waals surface area contributed by atoms with Gasteiger partial charge in [-0.2, -0.15) is 0 Å². The minimum atomic E-state index is -2.71. The summed E-state index contributed by atoms with van der Waals surface area (Å²) in [5, 5.41) is 5.14. The molecule has 0 aromatic carbocycles. The standard InChI is InChI=1S/C12H18F2N2O2/c1-6(3-8-4-9(8)15-7(2)17)11(18)16-10-5-12(10,13)14/h6,8-10H,3-5H2,1-2H3,(H,15,17)(H,16,18). The maximum absolute atomic E-state index is 12.6. The molecule has 18 heavy (non-hydrogen) atoms. The van der Waals surface area contributed by atoms with Crippen LogP contribution in [-0.2, 0) is 9.59 Å². The molecule has 102 valence electrons. The molecule has 2 fully saturated rings. The molecule has 0 aromatic rings. The van der Waals surface area contributed by atoms with Crippen molar-refractivity contribution in [2.75, 3.05) is 0 Å². The van der Waals surface area contributed by atoms with Crippen molar-refractivity contribution in [3.63, 3.8) is 0 Å². The van der Waals surface area contributed by atoms with Crippen molar-refractivity contribution in [1.29, 1.82) is 0 Å². The third-order valence-corrected chi connectivity index (χ3v) is 3.56. The minimum Gasteiger partial charge on any atom is -0.353 e. The van der Waals surface area contributed by atoms with Gasteiger partial charge in [0.2, 0.25) is 11.8 Å². The van der Waals surface area contributed by atoms with Gasteiger partial charge in [-0.05, 0) is 18.8 Å². The van der Waals surface area contributed by atoms with Crippen molar-refractivity contribution in [2.24, 2.45) is 11.8 Å². The van der Waals surface area contributed by atoms with E-state index >= 15 is 0 Å². The summed E-state index contributed by atoms with van der Waals surface area (Å²) in [7, 11) is 0. The highest BCUT2D eigenvalue weighted by atomic mass is 19.3. The van der Waals surface area contributed by atoms with Gasteiger partial charge in [0.25, 0.3) is 5.92 Å². The van der Waals surface area contributed by atoms with E-state index in [2.05, 4.69) is 10.6 Å². The highest BCUT2D eigenvalue weighted by Crippen LogP contribution is 2.42. The van der Waals surface area contributed by atoms with Gasteiger partial charge in [0.1, 0.15) is 0 Å². The van der Waals surface area contributed by atoms with Gasteiger partial charge in [0.05, 0.1) is 6.04 Å². The van der Waals surface area contributed by atoms with E-state index < -0.39 is 12.0 Å². The Balaban J connectivity index is 1.68. The van der Waals surface area contributed by atoms with Gasteiger partial charge in [-0.1, -0.05) is 6.92 Å². The number of halogens is 2. The predicted octanol–water partition coefficient (Wildman–Crippen LogP) is 1.06. The van der Waals surface area contributed by atoms with Crippen LogP contribution in [0.4, 0.5) is 8.78 Å². The van der Waals surface area contributed by atoms with Crippen molar-refractivity contribution >= 4 is 11.8 Å². The highest BCUT2D eigenvalue weighted by Gasteiger charge is 2.58. The molecule has 2 amide bonds. The van der Waals surface area contributed by atoms with Crippen molar-refractivity contribution < 1.29 is 18.4 Å². The average Bonchev–Trinajstić information content (AvgIpc) is 3.06. The molecule has 0 aromatic heterocycles. The number of amides is 2. The number of carbonyl (C=O) groups is 2. The molecule has 6 heteroatoms. The van der Waals surface area contributed by atoms with E-state index in [1.165, 1.54) is 6.92 Å². The number of rotatable bonds is 5. The first-order valence-electron chi connectivity index (χ1n) is 6.25. The zero-order valence-electron chi connectivity index (χ0n) is 10.5. The summed E-state index contributed by atoms with van der Waals surface area (Å²) in [5.41, 5.74) is 0. The molecule has 2 N–H and O–H groups in total. The molecule has 0 spiro atoms. The smallest absolute Gasteiger partial charge is 0.270 e. The van der Waals surface area contributed by atoms with Gasteiger partial charge in [-0.25, -0.2) is 8.78 Å². The van der Waals surface area contributed by atoms with Crippen LogP contribution in [0.25, 0.3) is 0 Å². The lowest BCUT2D eigenvalue weighted by Gasteiger charge is -2.11. The molecule has 4 atom stereocenters. The monoisotopic (exact) mass is 260 g/mol. The van der Waals surface area contributed by atoms with Crippen LogP contribution in [0.1, 0.15) is 33.1 Å². The molecular weight excluding hydrogens is 242 g/mol. The lowest BCUT2D eigenvalue weighted by Crippen LogP contribution is -2.34. The second-order valence-electron chi connectivity index (χ2n) is 5.47. The lowest BCUT2D eigenvalue weighted by molar-refractivity contribution is -0.125. The fourth-order valence-corrected chi connectivity index (χ4v) is 2.19. The fraction of sp³-hybridized carbons (Fsp3) is 0.833. The van der Waals surface area contributed by atoms with Crippen LogP contribution in [0.2, 0.25) is 0 Å². The van der Waals surface area contributed by atoms with E-state index in [0.29, 0.717) is 12.3 Å². The number of alkyl halides is 2. The third-order valence-electron chi connectivity index (χ3n) is 3.56. The Labute approximate surface area is 104 Å². The largest absolute Gasteiger partial charge is 0.353 e. The first-order chi connectivity index (χ1) is 8.29. The molecule has 2 saturated carbocycles. The molecule has 2 aliphatic rings. The fourth-order valence-electron chi connectivity index (χ4n) is 2.19. The number of carbonyl (C=O) groups excluding carboxylic acids is 2. The first-order valence-corrected chi connectivity index (χ1v) is 6.25. The summed E-state index contributed by atoms with van der Waals surface area (Å²) in [6.45, 7) is 3.19. The van der Waals surface area contributed by atoms with Crippen molar-refractivity contribution in [1.82, 2.24) is 10.6 Å². The maximum atomic E-state index is 12.6. The Hall–Kier alpha value is -1.20. The van der Waals surface area contributed by atoms with E-state index in [0.717, 1.165) is 6.42 Å². The minimum absolute atomic E-state index is 0.0720. The summed E-state index contributed by atoms with van der Waals surface area (Å²) >= 11 is 0. The Morgan fingerprint density at radius 2 is 2.00 bits per heavy atom. The van der Waals surface area contributed by atoms with Crippen LogP contribution in [0.5, 0.6) is 0 Å². The summed E-state index contributed by atoms with van der Waals surface area (Å²) in [5.74, 6) is -3.09. The van der Waals surface area contributed by atoms with Crippen molar-refractivity contribution in [3.8, 4) is 0 Å². The van der Waals surface area contributed by atoms with E-state index in [1.807, 2.05) is 0 Å². The first kappa shape index (κ1) is 13.2. The predicted molar refractivity (Wildman–Crippen MR) is 61.0 cm³/mol. The van der Waals surface area contributed by atoms with E-state index in [9.17, 15) is 18.4 Å². The molecular formula is C12H18F2N2O2. The molecule has 0 radical (unpaired) electrons. The van der Waals surface area contributed by atoms with E-state index in [-0.39, 0.29) is 30.2 Å². The van der Waals surface area contributed by atoms with Crippen molar-refractivity contribution in [2.45, 2.75) is 51.1 Å². The SMILES string of the molecule is CC(=O)NC1CC1CC(C)C(=O)NC1CC1(F)F. The summed E-state index contributed by atoms with van der Waals surface area (Å²) in [6, 6.07) is -0.821. The normalized spacial score (nSPS) is 33.4. The molecule has 0 aliphatic heterocycles. The molecule has 0 bridgehead atoms. The zero-order chi connectivity index (χ0) is 13.5. The molecule has 0 saturated heterocycles. The van der Waals surface area contributed by atoms with Gasteiger partial charge in [-0.3, -0.25) is 9.59 Å². The molecule has 4 unspecified atom stereocenters. The Bertz CT molecular complexity index is 373. The number of hydrogen-bond acceptors (Lipinski definition) is 2. The van der Waals surface area contributed by atoms with E-state index in [1.54, 1.807) is 6.92 Å². The van der Waals surface area contributed by atoms with Crippen LogP contribution in [0.15, 0.2) is 0 Å². The summed E-state index contributed by atoms with van der Waals surface area (Å²) in [6.07, 6.45) is 1.26. The van der Waals surface area contributed by atoms with Gasteiger partial charge in [0.15, 0.2) is 0 Å². The zero-order valence-corrected chi connectivity index (χ0v) is 10.5. The number of nitrogens with one attached hydrogen (secondary N) is 2. The molecule has 4 nitrogen and oxygen atoms in total. The Morgan fingerprint density at radius 1 is 1.39 bits per heavy atom. The van der Waals surface area contributed by atoms with Crippen LogP contribution in [0.3, 0.4) is 0 Å². The topological polar surface area (TPSA) is 58.2 Å². The second-order valence-corrected chi connectivity index (χ2v) is 5.47. The van der Waals surface area contributed by atoms with Crippen LogP contribution >= 0.6 is 0 Å². The van der Waals surface area contributed by atoms with Gasteiger partial charge in [-0.15, -0.1) is 0 Å². The summed E-state index contributed by atoms with van der Waals surface area (Å²) < 4.78 is 25.3. The summed E-state index contributed by atoms with van der Waals surface area (Å²) in [4.78, 5) is 22.5. The van der Waals surface area contributed by atoms with Gasteiger partial charge in [0, 0.05) is 25.3 Å². The Morgan fingerprint density at radius 3 is 2.50 bits per heavy atom. The van der Waals surface area contributed by atoms with E-state index in [4.69, 9.17) is 0 Å². The maximum Gasteiger partial charge on any atom is 0.270 e. The molecule has 0 heterocycles. The van der Waals surface area contributed by atoms with Gasteiger partial charge < -0.3 is 10.6 Å². The van der Waals surface area contributed by atoms with Gasteiger partial charge >= 0.3 is 0 Å². The molecule has 2 aliphatic carbocycles. The second kappa shape index (κ2) is 4.48. The average molecular weight is 260 g/mol. The van der Waals surface area contributed by atoms with Crippen LogP contribution in [0, 0.1) is 11.8 Å².